The lowest BCUT2D eigenvalue weighted by molar-refractivity contribution is -0.114. The van der Waals surface area contributed by atoms with Crippen molar-refractivity contribution in [3.05, 3.63) is 38.5 Å². The predicted octanol–water partition coefficient (Wildman–Crippen LogP) is 2.80. The SMILES string of the molecule is CC(=O)Nc1cc2nc3[nH]c(=O)n(C4CCCCCC4)c(=O)c3nc2cc1C. The number of hydrogen-bond acceptors (Lipinski definition) is 5. The summed E-state index contributed by atoms with van der Waals surface area (Å²) in [6.07, 6.45) is 5.96. The molecule has 1 fully saturated rings. The summed E-state index contributed by atoms with van der Waals surface area (Å²) in [6, 6.07) is 3.39. The Kier molecular flexibility index (Phi) is 4.70. The highest BCUT2D eigenvalue weighted by molar-refractivity contribution is 5.94. The number of anilines is 1. The number of hydrogen-bond donors (Lipinski definition) is 2. The zero-order chi connectivity index (χ0) is 19.8. The first-order chi connectivity index (χ1) is 13.4. The van der Waals surface area contributed by atoms with E-state index in [1.807, 2.05) is 6.92 Å². The number of amides is 1. The first kappa shape index (κ1) is 18.3. The van der Waals surface area contributed by atoms with Gasteiger partial charge in [0.2, 0.25) is 5.91 Å². The molecule has 0 bridgehead atoms. The van der Waals surface area contributed by atoms with Gasteiger partial charge >= 0.3 is 5.69 Å². The summed E-state index contributed by atoms with van der Waals surface area (Å²) in [5.74, 6) is -0.184. The van der Waals surface area contributed by atoms with Crippen LogP contribution in [0.2, 0.25) is 0 Å². The Morgan fingerprint density at radius 1 is 1.11 bits per heavy atom. The van der Waals surface area contributed by atoms with Crippen LogP contribution in [0.25, 0.3) is 22.2 Å². The van der Waals surface area contributed by atoms with Gasteiger partial charge in [0.1, 0.15) is 0 Å². The average molecular weight is 381 g/mol. The summed E-state index contributed by atoms with van der Waals surface area (Å²) in [4.78, 5) is 48.8. The largest absolute Gasteiger partial charge is 0.330 e. The number of H-pyrrole nitrogens is 1. The highest BCUT2D eigenvalue weighted by Crippen LogP contribution is 2.26. The van der Waals surface area contributed by atoms with Crippen LogP contribution < -0.4 is 16.6 Å². The predicted molar refractivity (Wildman–Crippen MR) is 108 cm³/mol. The van der Waals surface area contributed by atoms with Crippen LogP contribution >= 0.6 is 0 Å². The molecule has 1 aliphatic carbocycles. The Bertz CT molecular complexity index is 1190. The topological polar surface area (TPSA) is 110 Å². The first-order valence-corrected chi connectivity index (χ1v) is 9.68. The van der Waals surface area contributed by atoms with Gasteiger partial charge in [-0.25, -0.2) is 14.8 Å². The lowest BCUT2D eigenvalue weighted by atomic mass is 10.1. The van der Waals surface area contributed by atoms with Crippen LogP contribution in [0.5, 0.6) is 0 Å². The molecule has 8 nitrogen and oxygen atoms in total. The smallest absolute Gasteiger partial charge is 0.326 e. The third kappa shape index (κ3) is 3.30. The van der Waals surface area contributed by atoms with Gasteiger partial charge in [-0.05, 0) is 37.5 Å². The van der Waals surface area contributed by atoms with Gasteiger partial charge in [0.15, 0.2) is 11.2 Å². The Balaban J connectivity index is 1.90. The summed E-state index contributed by atoms with van der Waals surface area (Å²) in [6.45, 7) is 3.29. The highest BCUT2D eigenvalue weighted by Gasteiger charge is 2.20. The van der Waals surface area contributed by atoms with E-state index < -0.39 is 5.69 Å². The molecular formula is C20H23N5O3. The van der Waals surface area contributed by atoms with Gasteiger partial charge in [0, 0.05) is 18.7 Å². The molecule has 0 spiro atoms. The molecule has 146 valence electrons. The third-order valence-electron chi connectivity index (χ3n) is 5.38. The molecular weight excluding hydrogens is 358 g/mol. The van der Waals surface area contributed by atoms with E-state index in [0.717, 1.165) is 44.1 Å². The molecule has 4 rings (SSSR count). The van der Waals surface area contributed by atoms with E-state index in [4.69, 9.17) is 0 Å². The Morgan fingerprint density at radius 3 is 2.46 bits per heavy atom. The number of fused-ring (bicyclic) bond motifs is 2. The van der Waals surface area contributed by atoms with Crippen molar-refractivity contribution in [1.29, 1.82) is 0 Å². The maximum atomic E-state index is 13.1. The second-order valence-electron chi connectivity index (χ2n) is 7.51. The van der Waals surface area contributed by atoms with Crippen LogP contribution in [-0.2, 0) is 4.79 Å². The van der Waals surface area contributed by atoms with Crippen LogP contribution in [0.3, 0.4) is 0 Å². The van der Waals surface area contributed by atoms with Crippen molar-refractivity contribution in [2.45, 2.75) is 58.4 Å². The average Bonchev–Trinajstić information content (AvgIpc) is 2.90. The molecule has 28 heavy (non-hydrogen) atoms. The molecule has 0 unspecified atom stereocenters. The lowest BCUT2D eigenvalue weighted by Gasteiger charge is -2.16. The molecule has 1 aliphatic rings. The van der Waals surface area contributed by atoms with Crippen LogP contribution in [0.1, 0.15) is 57.1 Å². The van der Waals surface area contributed by atoms with Crippen LogP contribution in [0, 0.1) is 6.92 Å². The van der Waals surface area contributed by atoms with Gasteiger partial charge in [-0.3, -0.25) is 19.1 Å². The van der Waals surface area contributed by atoms with E-state index in [9.17, 15) is 14.4 Å². The molecule has 3 aromatic rings. The zero-order valence-electron chi connectivity index (χ0n) is 16.0. The number of rotatable bonds is 2. The van der Waals surface area contributed by atoms with Gasteiger partial charge < -0.3 is 5.32 Å². The number of aromatic amines is 1. The highest BCUT2D eigenvalue weighted by atomic mass is 16.2. The summed E-state index contributed by atoms with van der Waals surface area (Å²) in [5, 5.41) is 2.75. The second kappa shape index (κ2) is 7.18. The van der Waals surface area contributed by atoms with Crippen LogP contribution in [0.15, 0.2) is 21.7 Å². The fourth-order valence-electron chi connectivity index (χ4n) is 3.98. The van der Waals surface area contributed by atoms with E-state index in [1.165, 1.54) is 11.5 Å². The monoisotopic (exact) mass is 381 g/mol. The minimum atomic E-state index is -0.438. The van der Waals surface area contributed by atoms with Crippen molar-refractivity contribution in [2.24, 2.45) is 0 Å². The zero-order valence-corrected chi connectivity index (χ0v) is 16.0. The molecule has 2 N–H and O–H groups in total. The summed E-state index contributed by atoms with van der Waals surface area (Å²) in [5.41, 5.74) is 2.02. The Labute approximate surface area is 161 Å². The minimum Gasteiger partial charge on any atom is -0.326 e. The van der Waals surface area contributed by atoms with E-state index in [1.54, 1.807) is 12.1 Å². The normalized spacial score (nSPS) is 15.6. The maximum Gasteiger partial charge on any atom is 0.330 e. The molecule has 2 aromatic heterocycles. The first-order valence-electron chi connectivity index (χ1n) is 9.68. The standard InChI is InChI=1S/C20H23N5O3/c1-11-9-15-16(10-14(11)21-12(2)26)23-18-17(22-15)19(27)25(20(28)24-18)13-7-5-3-4-6-8-13/h9-10,13H,3-8H2,1-2H3,(H,21,26)(H,23,24,28). The third-order valence-corrected chi connectivity index (χ3v) is 5.38. The molecule has 8 heteroatoms. The summed E-state index contributed by atoms with van der Waals surface area (Å²) >= 11 is 0. The molecule has 0 radical (unpaired) electrons. The quantitative estimate of drug-likeness (QED) is 0.524. The van der Waals surface area contributed by atoms with E-state index >= 15 is 0 Å². The second-order valence-corrected chi connectivity index (χ2v) is 7.51. The van der Waals surface area contributed by atoms with Crippen LogP contribution in [-0.4, -0.2) is 25.4 Å². The van der Waals surface area contributed by atoms with Gasteiger partial charge in [0.05, 0.1) is 11.0 Å². The van der Waals surface area contributed by atoms with Gasteiger partial charge in [-0.2, -0.15) is 0 Å². The number of nitrogens with zero attached hydrogens (tertiary/aromatic N) is 3. The molecule has 1 amide bonds. The van der Waals surface area contributed by atoms with Gasteiger partial charge in [-0.15, -0.1) is 0 Å². The maximum absolute atomic E-state index is 13.1. The number of carbonyl (C=O) groups excluding carboxylic acids is 1. The summed E-state index contributed by atoms with van der Waals surface area (Å²) < 4.78 is 1.33. The molecule has 2 heterocycles. The van der Waals surface area contributed by atoms with Crippen molar-refractivity contribution in [3.63, 3.8) is 0 Å². The van der Waals surface area contributed by atoms with Crippen LogP contribution in [0.4, 0.5) is 5.69 Å². The fraction of sp³-hybridized carbons (Fsp3) is 0.450. The van der Waals surface area contributed by atoms with Crippen molar-refractivity contribution < 1.29 is 4.79 Å². The number of aryl methyl sites for hydroxylation is 1. The molecule has 0 saturated heterocycles. The van der Waals surface area contributed by atoms with E-state index in [0.29, 0.717) is 16.7 Å². The summed E-state index contributed by atoms with van der Waals surface area (Å²) in [7, 11) is 0. The number of benzene rings is 1. The molecule has 1 saturated carbocycles. The van der Waals surface area contributed by atoms with Crippen molar-refractivity contribution in [1.82, 2.24) is 19.5 Å². The lowest BCUT2D eigenvalue weighted by Crippen LogP contribution is -2.38. The number of aromatic nitrogens is 4. The molecule has 0 atom stereocenters. The van der Waals surface area contributed by atoms with Crippen molar-refractivity contribution >= 4 is 33.8 Å². The van der Waals surface area contributed by atoms with E-state index in [-0.39, 0.29) is 28.7 Å². The van der Waals surface area contributed by atoms with E-state index in [2.05, 4.69) is 20.3 Å². The van der Waals surface area contributed by atoms with Crippen molar-refractivity contribution in [3.8, 4) is 0 Å². The molecule has 1 aromatic carbocycles. The number of carbonyl (C=O) groups is 1. The minimum absolute atomic E-state index is 0.0930. The van der Waals surface area contributed by atoms with Gasteiger partial charge in [-0.1, -0.05) is 25.7 Å². The van der Waals surface area contributed by atoms with Crippen molar-refractivity contribution in [2.75, 3.05) is 5.32 Å². The Morgan fingerprint density at radius 2 is 1.79 bits per heavy atom. The van der Waals surface area contributed by atoms with Gasteiger partial charge in [0.25, 0.3) is 5.56 Å². The Hall–Kier alpha value is -3.03. The number of nitrogens with one attached hydrogen (secondary N) is 2. The molecule has 0 aliphatic heterocycles. The fourth-order valence-corrected chi connectivity index (χ4v) is 3.98.